The van der Waals surface area contributed by atoms with Gasteiger partial charge in [-0.2, -0.15) is 0 Å². The lowest BCUT2D eigenvalue weighted by Crippen LogP contribution is -2.68. The highest BCUT2D eigenvalue weighted by atomic mass is 16.4. The Morgan fingerprint density at radius 2 is 1.43 bits per heavy atom. The zero-order valence-corrected chi connectivity index (χ0v) is 26.2. The maximum Gasteiger partial charge on any atom is 0.335 e. The minimum Gasteiger partial charge on any atom is -0.478 e. The highest BCUT2D eigenvalue weighted by molar-refractivity contribution is 5.87. The molecule has 1 aromatic rings. The van der Waals surface area contributed by atoms with Gasteiger partial charge in [0.1, 0.15) is 0 Å². The van der Waals surface area contributed by atoms with E-state index in [0.29, 0.717) is 39.1 Å². The topological polar surface area (TPSA) is 63.3 Å². The standard InChI is InChI=1S/C37H55NO2/c1-32(2)25(23-7-9-24(10-8-23)31(39)40)13-16-34(4)28(32)15-17-36(6)29(34)12-11-27-30-26(33(3)19-20-33)14-18-37(30,38)22-21-35(27,36)5/h7-10,25-30H,11-22,38H2,1-6H3,(H,39,40). The SMILES string of the molecule is CC1(C2CCC3(N)CCC4(C)C(CCC5C6(C)CCC(c7ccc(C(=O)O)cc7)C(C)(C)C6CCC54C)C23)CC1. The monoisotopic (exact) mass is 545 g/mol. The van der Waals surface area contributed by atoms with Crippen molar-refractivity contribution in [2.45, 2.75) is 130 Å². The number of hydrogen-bond donors (Lipinski definition) is 2. The Labute approximate surface area is 243 Å². The van der Waals surface area contributed by atoms with Gasteiger partial charge in [-0.1, -0.05) is 53.7 Å². The van der Waals surface area contributed by atoms with Crippen molar-refractivity contribution in [2.24, 2.45) is 62.4 Å². The number of aromatic carboxylic acids is 1. The second kappa shape index (κ2) is 8.39. The van der Waals surface area contributed by atoms with E-state index in [2.05, 4.69) is 53.7 Å². The predicted octanol–water partition coefficient (Wildman–Crippen LogP) is 9.06. The van der Waals surface area contributed by atoms with Gasteiger partial charge in [0.15, 0.2) is 0 Å². The molecular weight excluding hydrogens is 490 g/mol. The fraction of sp³-hybridized carbons (Fsp3) is 0.811. The Kier molecular flexibility index (Phi) is 5.76. The Balaban J connectivity index is 1.20. The van der Waals surface area contributed by atoms with Gasteiger partial charge in [0.05, 0.1) is 5.56 Å². The van der Waals surface area contributed by atoms with E-state index in [9.17, 15) is 9.90 Å². The number of rotatable bonds is 3. The maximum atomic E-state index is 11.5. The summed E-state index contributed by atoms with van der Waals surface area (Å²) in [6.07, 6.45) is 16.1. The van der Waals surface area contributed by atoms with E-state index in [0.717, 1.165) is 23.7 Å². The highest BCUT2D eigenvalue weighted by Crippen LogP contribution is 2.78. The molecule has 3 heteroatoms. The van der Waals surface area contributed by atoms with Crippen LogP contribution < -0.4 is 5.73 Å². The minimum atomic E-state index is -0.831. The number of hydrogen-bond acceptors (Lipinski definition) is 2. The summed E-state index contributed by atoms with van der Waals surface area (Å²) in [5, 5.41) is 9.43. The molecule has 0 bridgehead atoms. The summed E-state index contributed by atoms with van der Waals surface area (Å²) >= 11 is 0. The first-order valence-electron chi connectivity index (χ1n) is 16.8. The molecule has 0 aliphatic heterocycles. The van der Waals surface area contributed by atoms with Crippen LogP contribution in [-0.4, -0.2) is 16.6 Å². The van der Waals surface area contributed by atoms with Gasteiger partial charge >= 0.3 is 5.97 Å². The molecule has 0 heterocycles. The van der Waals surface area contributed by atoms with E-state index in [1.807, 2.05) is 12.1 Å². The van der Waals surface area contributed by atoms with Crippen molar-refractivity contribution in [3.8, 4) is 0 Å². The fourth-order valence-corrected chi connectivity index (χ4v) is 13.5. The summed E-state index contributed by atoms with van der Waals surface area (Å²) in [5.74, 6) is 3.56. The molecule has 3 N–H and O–H groups in total. The van der Waals surface area contributed by atoms with Crippen LogP contribution >= 0.6 is 0 Å². The quantitative estimate of drug-likeness (QED) is 0.398. The van der Waals surface area contributed by atoms with Crippen LogP contribution in [0.15, 0.2) is 24.3 Å². The molecule has 6 aliphatic rings. The van der Waals surface area contributed by atoms with Crippen molar-refractivity contribution in [1.29, 1.82) is 0 Å². The molecule has 1 aromatic carbocycles. The second-order valence-corrected chi connectivity index (χ2v) is 17.6. The molecule has 0 radical (unpaired) electrons. The third kappa shape index (κ3) is 3.42. The highest BCUT2D eigenvalue weighted by Gasteiger charge is 2.71. The summed E-state index contributed by atoms with van der Waals surface area (Å²) in [6, 6.07) is 7.86. The van der Waals surface area contributed by atoms with Crippen molar-refractivity contribution in [2.75, 3.05) is 0 Å². The van der Waals surface area contributed by atoms with Crippen LogP contribution in [0.25, 0.3) is 0 Å². The molecule has 0 spiro atoms. The summed E-state index contributed by atoms with van der Waals surface area (Å²) in [6.45, 7) is 15.9. The van der Waals surface area contributed by atoms with Gasteiger partial charge in [0, 0.05) is 5.54 Å². The lowest BCUT2D eigenvalue weighted by atomic mass is 9.32. The van der Waals surface area contributed by atoms with Crippen LogP contribution in [0.2, 0.25) is 0 Å². The first kappa shape index (κ1) is 27.5. The first-order valence-corrected chi connectivity index (χ1v) is 16.8. The van der Waals surface area contributed by atoms with E-state index in [1.54, 1.807) is 0 Å². The van der Waals surface area contributed by atoms with Gasteiger partial charge in [-0.25, -0.2) is 4.79 Å². The molecule has 6 saturated carbocycles. The van der Waals surface area contributed by atoms with Crippen molar-refractivity contribution in [3.05, 3.63) is 35.4 Å². The van der Waals surface area contributed by atoms with Crippen molar-refractivity contribution >= 4 is 5.97 Å². The third-order valence-corrected chi connectivity index (χ3v) is 16.0. The second-order valence-electron chi connectivity index (χ2n) is 17.6. The fourth-order valence-electron chi connectivity index (χ4n) is 13.5. The number of nitrogens with two attached hydrogens (primary N) is 1. The first-order chi connectivity index (χ1) is 18.7. The summed E-state index contributed by atoms with van der Waals surface area (Å²) in [7, 11) is 0. The molecular formula is C37H55NO2. The Morgan fingerprint density at radius 1 is 0.725 bits per heavy atom. The molecule has 6 aliphatic carbocycles. The van der Waals surface area contributed by atoms with Gasteiger partial charge < -0.3 is 10.8 Å². The molecule has 6 fully saturated rings. The van der Waals surface area contributed by atoms with Crippen molar-refractivity contribution < 1.29 is 9.90 Å². The summed E-state index contributed by atoms with van der Waals surface area (Å²) in [4.78, 5) is 11.5. The average molecular weight is 546 g/mol. The Morgan fingerprint density at radius 3 is 2.08 bits per heavy atom. The van der Waals surface area contributed by atoms with Gasteiger partial charge in [-0.3, -0.25) is 0 Å². The Bertz CT molecular complexity index is 1200. The molecule has 220 valence electrons. The predicted molar refractivity (Wildman–Crippen MR) is 162 cm³/mol. The number of carbonyl (C=O) groups is 1. The molecule has 0 amide bonds. The average Bonchev–Trinajstić information content (AvgIpc) is 3.53. The largest absolute Gasteiger partial charge is 0.478 e. The van der Waals surface area contributed by atoms with Crippen LogP contribution in [0, 0.1) is 56.7 Å². The van der Waals surface area contributed by atoms with Crippen LogP contribution in [0.1, 0.15) is 140 Å². The van der Waals surface area contributed by atoms with Gasteiger partial charge in [-0.05, 0) is 157 Å². The molecule has 0 saturated heterocycles. The van der Waals surface area contributed by atoms with E-state index in [-0.39, 0.29) is 11.0 Å². The molecule has 40 heavy (non-hydrogen) atoms. The maximum absolute atomic E-state index is 11.5. The van der Waals surface area contributed by atoms with E-state index in [4.69, 9.17) is 5.73 Å². The van der Waals surface area contributed by atoms with E-state index in [1.165, 1.54) is 82.6 Å². The van der Waals surface area contributed by atoms with Gasteiger partial charge in [0.25, 0.3) is 0 Å². The Hall–Kier alpha value is -1.35. The third-order valence-electron chi connectivity index (χ3n) is 16.0. The van der Waals surface area contributed by atoms with Crippen LogP contribution in [-0.2, 0) is 0 Å². The van der Waals surface area contributed by atoms with Crippen molar-refractivity contribution in [3.63, 3.8) is 0 Å². The normalized spacial score (nSPS) is 50.2. The summed E-state index contributed by atoms with van der Waals surface area (Å²) < 4.78 is 0. The number of benzene rings is 1. The molecule has 10 unspecified atom stereocenters. The van der Waals surface area contributed by atoms with E-state index < -0.39 is 5.97 Å². The number of carboxylic acids is 1. The zero-order chi connectivity index (χ0) is 28.5. The summed E-state index contributed by atoms with van der Waals surface area (Å²) in [5.41, 5.74) is 11.2. The van der Waals surface area contributed by atoms with E-state index >= 15 is 0 Å². The molecule has 10 atom stereocenters. The lowest BCUT2D eigenvalue weighted by molar-refractivity contribution is -0.234. The molecule has 0 aromatic heterocycles. The van der Waals surface area contributed by atoms with Crippen LogP contribution in [0.4, 0.5) is 0 Å². The van der Waals surface area contributed by atoms with Gasteiger partial charge in [0.2, 0.25) is 0 Å². The molecule has 3 nitrogen and oxygen atoms in total. The van der Waals surface area contributed by atoms with Crippen molar-refractivity contribution in [1.82, 2.24) is 0 Å². The number of carboxylic acid groups (broad SMARTS) is 1. The lowest BCUT2D eigenvalue weighted by Gasteiger charge is -2.73. The zero-order valence-electron chi connectivity index (χ0n) is 26.2. The van der Waals surface area contributed by atoms with Crippen LogP contribution in [0.3, 0.4) is 0 Å². The smallest absolute Gasteiger partial charge is 0.335 e. The van der Waals surface area contributed by atoms with Gasteiger partial charge in [-0.15, -0.1) is 0 Å². The number of fused-ring (bicyclic) bond motifs is 7. The minimum absolute atomic E-state index is 0.0982. The molecule has 7 rings (SSSR count). The van der Waals surface area contributed by atoms with Crippen LogP contribution in [0.5, 0.6) is 0 Å².